The molecule has 0 aliphatic carbocycles. The molecule has 142 valence electrons. The molecule has 6 atom stereocenters. The van der Waals surface area contributed by atoms with E-state index < -0.39 is 29.1 Å². The number of aliphatic hydroxyl groups is 2. The molecule has 3 aliphatic heterocycles. The van der Waals surface area contributed by atoms with E-state index in [-0.39, 0.29) is 42.7 Å². The predicted octanol–water partition coefficient (Wildman–Crippen LogP) is -3.24. The Bertz CT molecular complexity index is 616. The minimum atomic E-state index is -2.22. The number of esters is 2. The molecule has 1 unspecified atom stereocenters. The average Bonchev–Trinajstić information content (AvgIpc) is 2.99. The van der Waals surface area contributed by atoms with Crippen molar-refractivity contribution in [2.24, 2.45) is 5.92 Å². The second-order valence-electron chi connectivity index (χ2n) is 7.89. The molecule has 7 nitrogen and oxygen atoms in total. The SMILES string of the molecule is C[C@H]1C(=O)O[C@@H]2CC[N+]3(C)CC=C(COC(=O)[C@](C)(O)[C@]1(C)O)[C@H]23.[I-]. The lowest BCUT2D eigenvalue weighted by Crippen LogP contribution is -3.00. The van der Waals surface area contributed by atoms with Crippen LogP contribution in [0, 0.1) is 5.92 Å². The summed E-state index contributed by atoms with van der Waals surface area (Å²) in [7, 11) is 2.10. The molecule has 2 N–H and O–H groups in total. The first-order valence-corrected chi connectivity index (χ1v) is 8.36. The van der Waals surface area contributed by atoms with E-state index in [2.05, 4.69) is 7.05 Å². The third-order valence-corrected chi connectivity index (χ3v) is 6.32. The summed E-state index contributed by atoms with van der Waals surface area (Å²) in [5, 5.41) is 21.2. The van der Waals surface area contributed by atoms with Gasteiger partial charge in [-0.25, -0.2) is 4.79 Å². The Balaban J connectivity index is 0.00000225. The van der Waals surface area contributed by atoms with Crippen LogP contribution in [0.2, 0.25) is 0 Å². The highest BCUT2D eigenvalue weighted by Crippen LogP contribution is 2.39. The van der Waals surface area contributed by atoms with Gasteiger partial charge in [0.05, 0.1) is 26.1 Å². The fourth-order valence-electron chi connectivity index (χ4n) is 4.08. The number of halogens is 1. The molecule has 0 bridgehead atoms. The summed E-state index contributed by atoms with van der Waals surface area (Å²) in [6.45, 7) is 5.59. The monoisotopic (exact) mass is 467 g/mol. The maximum atomic E-state index is 12.6. The molecular formula is C17H26INO6. The second-order valence-corrected chi connectivity index (χ2v) is 7.89. The summed E-state index contributed by atoms with van der Waals surface area (Å²) in [6.07, 6.45) is 2.44. The van der Waals surface area contributed by atoms with Gasteiger partial charge < -0.3 is 48.1 Å². The molecule has 3 rings (SSSR count). The molecule has 0 amide bonds. The molecule has 8 heteroatoms. The number of quaternary nitrogens is 1. The van der Waals surface area contributed by atoms with Gasteiger partial charge in [-0.05, 0) is 26.8 Å². The first-order valence-electron chi connectivity index (χ1n) is 8.36. The Kier molecular flexibility index (Phi) is 5.33. The third kappa shape index (κ3) is 3.00. The number of hydrogen-bond acceptors (Lipinski definition) is 6. The van der Waals surface area contributed by atoms with Crippen molar-refractivity contribution in [2.45, 2.75) is 50.5 Å². The highest BCUT2D eigenvalue weighted by molar-refractivity contribution is 5.83. The van der Waals surface area contributed by atoms with E-state index in [1.165, 1.54) is 20.8 Å². The number of ether oxygens (including phenoxy) is 2. The lowest BCUT2D eigenvalue weighted by atomic mass is 9.76. The molecule has 0 radical (unpaired) electrons. The van der Waals surface area contributed by atoms with Crippen molar-refractivity contribution in [1.82, 2.24) is 0 Å². The summed E-state index contributed by atoms with van der Waals surface area (Å²) in [4.78, 5) is 24.9. The quantitative estimate of drug-likeness (QED) is 0.168. The van der Waals surface area contributed by atoms with Gasteiger partial charge in [-0.1, -0.05) is 0 Å². The molecule has 0 aromatic rings. The molecule has 0 aromatic heterocycles. The van der Waals surface area contributed by atoms with Gasteiger partial charge in [-0.2, -0.15) is 0 Å². The Labute approximate surface area is 164 Å². The van der Waals surface area contributed by atoms with Gasteiger partial charge in [0.25, 0.3) is 0 Å². The molecule has 2 fully saturated rings. The minimum absolute atomic E-state index is 0. The van der Waals surface area contributed by atoms with Crippen LogP contribution < -0.4 is 24.0 Å². The number of rotatable bonds is 0. The van der Waals surface area contributed by atoms with Gasteiger partial charge in [0, 0.05) is 12.0 Å². The van der Waals surface area contributed by atoms with Gasteiger partial charge in [-0.15, -0.1) is 0 Å². The topological polar surface area (TPSA) is 93.1 Å². The minimum Gasteiger partial charge on any atom is -1.00 e. The lowest BCUT2D eigenvalue weighted by Gasteiger charge is -2.39. The van der Waals surface area contributed by atoms with Crippen LogP contribution >= 0.6 is 0 Å². The van der Waals surface area contributed by atoms with Crippen LogP contribution in [0.4, 0.5) is 0 Å². The summed E-state index contributed by atoms with van der Waals surface area (Å²) < 4.78 is 11.7. The fourth-order valence-corrected chi connectivity index (χ4v) is 4.08. The fraction of sp³-hybridized carbons (Fsp3) is 0.765. The first kappa shape index (κ1) is 20.6. The molecule has 0 aromatic carbocycles. The van der Waals surface area contributed by atoms with Crippen molar-refractivity contribution in [3.8, 4) is 0 Å². The lowest BCUT2D eigenvalue weighted by molar-refractivity contribution is -0.906. The second kappa shape index (κ2) is 6.47. The molecule has 3 heterocycles. The molecule has 0 saturated carbocycles. The average molecular weight is 467 g/mol. The van der Waals surface area contributed by atoms with E-state index in [1.807, 2.05) is 6.08 Å². The van der Waals surface area contributed by atoms with Crippen molar-refractivity contribution in [2.75, 3.05) is 26.7 Å². The standard InChI is InChI=1S/C17H26NO6.HI/c1-10-14(19)24-12-6-8-18(4)7-5-11(13(12)18)9-23-15(20)17(3,22)16(10,2)21;/h5,10,12-13,21-22H,6-9H2,1-4H3;1H/q+1;/p-1/t10-,12+,13+,16+,17-,18?;/m0./s1. The van der Waals surface area contributed by atoms with Crippen LogP contribution in [0.3, 0.4) is 0 Å². The number of likely N-dealkylation sites (N-methyl/N-ethyl adjacent to an activating group) is 1. The maximum Gasteiger partial charge on any atom is 0.341 e. The summed E-state index contributed by atoms with van der Waals surface area (Å²) in [5.41, 5.74) is -3.32. The van der Waals surface area contributed by atoms with Crippen molar-refractivity contribution < 1.29 is 57.7 Å². The zero-order valence-corrected chi connectivity index (χ0v) is 17.1. The number of carbonyl (C=O) groups excluding carboxylic acids is 2. The summed E-state index contributed by atoms with van der Waals surface area (Å²) in [6, 6.07) is -0.0399. The zero-order valence-electron chi connectivity index (χ0n) is 15.0. The van der Waals surface area contributed by atoms with E-state index in [0.29, 0.717) is 0 Å². The van der Waals surface area contributed by atoms with E-state index in [9.17, 15) is 19.8 Å². The Morgan fingerprint density at radius 2 is 1.92 bits per heavy atom. The van der Waals surface area contributed by atoms with Crippen molar-refractivity contribution in [3.05, 3.63) is 11.6 Å². The van der Waals surface area contributed by atoms with Crippen molar-refractivity contribution in [3.63, 3.8) is 0 Å². The van der Waals surface area contributed by atoms with E-state index in [0.717, 1.165) is 29.6 Å². The van der Waals surface area contributed by atoms with E-state index in [4.69, 9.17) is 9.47 Å². The van der Waals surface area contributed by atoms with Crippen molar-refractivity contribution in [1.29, 1.82) is 0 Å². The van der Waals surface area contributed by atoms with Gasteiger partial charge in [-0.3, -0.25) is 4.79 Å². The Hall–Kier alpha value is -0.710. The van der Waals surface area contributed by atoms with Crippen molar-refractivity contribution >= 4 is 11.9 Å². The van der Waals surface area contributed by atoms with E-state index >= 15 is 0 Å². The molecule has 3 aliphatic rings. The molecule has 25 heavy (non-hydrogen) atoms. The van der Waals surface area contributed by atoms with Crippen LogP contribution in [-0.4, -0.2) is 76.7 Å². The van der Waals surface area contributed by atoms with Crippen LogP contribution in [0.15, 0.2) is 11.6 Å². The maximum absolute atomic E-state index is 12.6. The Morgan fingerprint density at radius 1 is 1.28 bits per heavy atom. The number of nitrogens with zero attached hydrogens (tertiary/aromatic N) is 1. The molecule has 2 saturated heterocycles. The first-order chi connectivity index (χ1) is 11.0. The zero-order chi connectivity index (χ0) is 17.9. The van der Waals surface area contributed by atoms with Gasteiger partial charge in [0.1, 0.15) is 12.2 Å². The largest absolute Gasteiger partial charge is 1.00 e. The summed E-state index contributed by atoms with van der Waals surface area (Å²) >= 11 is 0. The van der Waals surface area contributed by atoms with Crippen LogP contribution in [-0.2, 0) is 19.1 Å². The third-order valence-electron chi connectivity index (χ3n) is 6.32. The number of carbonyl (C=O) groups is 2. The van der Waals surface area contributed by atoms with Crippen LogP contribution in [0.1, 0.15) is 27.2 Å². The number of hydrogen-bond donors (Lipinski definition) is 2. The van der Waals surface area contributed by atoms with Gasteiger partial charge >= 0.3 is 11.9 Å². The van der Waals surface area contributed by atoms with Crippen LogP contribution in [0.5, 0.6) is 0 Å². The highest BCUT2D eigenvalue weighted by atomic mass is 127. The highest BCUT2D eigenvalue weighted by Gasteiger charge is 2.58. The predicted molar refractivity (Wildman–Crippen MR) is 83.7 cm³/mol. The van der Waals surface area contributed by atoms with Gasteiger partial charge in [0.2, 0.25) is 0 Å². The molecular weight excluding hydrogens is 441 g/mol. The summed E-state index contributed by atoms with van der Waals surface area (Å²) in [5.74, 6) is -2.63. The Morgan fingerprint density at radius 3 is 2.56 bits per heavy atom. The van der Waals surface area contributed by atoms with Gasteiger partial charge in [0.15, 0.2) is 17.7 Å². The molecule has 0 spiro atoms. The normalized spacial score (nSPS) is 47.0. The smallest absolute Gasteiger partial charge is 0.341 e. The number of cyclic esters (lactones) is 1. The van der Waals surface area contributed by atoms with Crippen LogP contribution in [0.25, 0.3) is 0 Å². The van der Waals surface area contributed by atoms with E-state index in [1.54, 1.807) is 0 Å².